The van der Waals surface area contributed by atoms with Gasteiger partial charge in [0.1, 0.15) is 0 Å². The van der Waals surface area contributed by atoms with Gasteiger partial charge in [-0.3, -0.25) is 0 Å². The summed E-state index contributed by atoms with van der Waals surface area (Å²) in [7, 11) is 1.33. The van der Waals surface area contributed by atoms with Crippen molar-refractivity contribution >= 4 is 0 Å². The van der Waals surface area contributed by atoms with Gasteiger partial charge in [0.15, 0.2) is 5.82 Å². The van der Waals surface area contributed by atoms with Crippen LogP contribution in [0.4, 0.5) is 13.2 Å². The van der Waals surface area contributed by atoms with Crippen molar-refractivity contribution in [2.75, 3.05) is 0 Å². The monoisotopic (exact) mass is 324 g/mol. The topological polar surface area (TPSA) is 77.0 Å². The molecule has 120 valence electrons. The van der Waals surface area contributed by atoms with Crippen LogP contribution in [0.1, 0.15) is 11.7 Å². The van der Waals surface area contributed by atoms with E-state index in [0.29, 0.717) is 5.56 Å². The second-order valence-electron chi connectivity index (χ2n) is 4.85. The SMILES string of the molecule is Cn1ccnc1[C@@](O)(c1nnc(-c2ccccc2)o1)C(F)(F)F. The fourth-order valence-electron chi connectivity index (χ4n) is 2.12. The van der Waals surface area contributed by atoms with Gasteiger partial charge >= 0.3 is 6.18 Å². The van der Waals surface area contributed by atoms with Crippen LogP contribution < -0.4 is 0 Å². The predicted molar refractivity (Wildman–Crippen MR) is 72.0 cm³/mol. The highest BCUT2D eigenvalue weighted by Crippen LogP contribution is 2.43. The molecule has 1 N–H and O–H groups in total. The van der Waals surface area contributed by atoms with Gasteiger partial charge < -0.3 is 14.1 Å². The van der Waals surface area contributed by atoms with Gasteiger partial charge in [-0.15, -0.1) is 10.2 Å². The molecule has 0 unspecified atom stereocenters. The van der Waals surface area contributed by atoms with Crippen LogP contribution in [-0.2, 0) is 12.6 Å². The Bertz CT molecular complexity index is 813. The molecule has 6 nitrogen and oxygen atoms in total. The van der Waals surface area contributed by atoms with Crippen LogP contribution in [0.15, 0.2) is 47.1 Å². The summed E-state index contributed by atoms with van der Waals surface area (Å²) in [4.78, 5) is 3.58. The number of rotatable bonds is 3. The highest BCUT2D eigenvalue weighted by atomic mass is 19.4. The Hall–Kier alpha value is -2.68. The molecule has 0 radical (unpaired) electrons. The van der Waals surface area contributed by atoms with Gasteiger partial charge in [-0.05, 0) is 12.1 Å². The summed E-state index contributed by atoms with van der Waals surface area (Å²) in [5.41, 5.74) is -3.05. The maximum Gasteiger partial charge on any atom is 0.433 e. The number of alkyl halides is 3. The summed E-state index contributed by atoms with van der Waals surface area (Å²) in [6.45, 7) is 0. The second-order valence-corrected chi connectivity index (χ2v) is 4.85. The number of imidazole rings is 1. The highest BCUT2D eigenvalue weighted by Gasteiger charge is 2.63. The third kappa shape index (κ3) is 2.38. The highest BCUT2D eigenvalue weighted by molar-refractivity contribution is 5.52. The zero-order valence-corrected chi connectivity index (χ0v) is 11.8. The first kappa shape index (κ1) is 15.2. The molecule has 0 saturated heterocycles. The lowest BCUT2D eigenvalue weighted by Crippen LogP contribution is -2.45. The Labute approximate surface area is 128 Å². The van der Waals surface area contributed by atoms with Gasteiger partial charge in [-0.1, -0.05) is 18.2 Å². The van der Waals surface area contributed by atoms with E-state index in [9.17, 15) is 18.3 Å². The smallest absolute Gasteiger partial charge is 0.417 e. The van der Waals surface area contributed by atoms with Crippen LogP contribution in [0, 0.1) is 0 Å². The maximum absolute atomic E-state index is 13.5. The van der Waals surface area contributed by atoms with E-state index in [1.165, 1.54) is 13.2 Å². The molecule has 0 amide bonds. The van der Waals surface area contributed by atoms with Crippen LogP contribution in [0.25, 0.3) is 11.5 Å². The van der Waals surface area contributed by atoms with Gasteiger partial charge in [-0.25, -0.2) is 4.98 Å². The Morgan fingerprint density at radius 2 is 1.83 bits per heavy atom. The number of aliphatic hydroxyl groups is 1. The van der Waals surface area contributed by atoms with E-state index in [4.69, 9.17) is 4.42 Å². The quantitative estimate of drug-likeness (QED) is 0.800. The molecule has 0 bridgehead atoms. The lowest BCUT2D eigenvalue weighted by atomic mass is 10.0. The van der Waals surface area contributed by atoms with Crippen molar-refractivity contribution in [3.05, 3.63) is 54.4 Å². The summed E-state index contributed by atoms with van der Waals surface area (Å²) in [6.07, 6.45) is -2.67. The van der Waals surface area contributed by atoms with E-state index < -0.39 is 23.5 Å². The zero-order valence-electron chi connectivity index (χ0n) is 11.8. The van der Waals surface area contributed by atoms with Gasteiger partial charge in [0.2, 0.25) is 5.89 Å². The Kier molecular flexibility index (Phi) is 3.44. The van der Waals surface area contributed by atoms with Crippen molar-refractivity contribution in [1.29, 1.82) is 0 Å². The van der Waals surface area contributed by atoms with Gasteiger partial charge in [-0.2, -0.15) is 13.2 Å². The van der Waals surface area contributed by atoms with Gasteiger partial charge in [0, 0.05) is 25.0 Å². The standard InChI is InChI=1S/C14H11F3N4O2/c1-21-8-7-18-11(21)13(22,14(15,16)17)12-20-19-10(23-12)9-5-3-2-4-6-9/h2-8,22H,1H3/t13-/m1/s1. The molecule has 23 heavy (non-hydrogen) atoms. The first-order chi connectivity index (χ1) is 10.8. The Morgan fingerprint density at radius 1 is 1.13 bits per heavy atom. The number of aryl methyl sites for hydroxylation is 1. The van der Waals surface area contributed by atoms with Crippen LogP contribution in [0.2, 0.25) is 0 Å². The molecular formula is C14H11F3N4O2. The fourth-order valence-corrected chi connectivity index (χ4v) is 2.12. The third-order valence-electron chi connectivity index (χ3n) is 3.31. The summed E-state index contributed by atoms with van der Waals surface area (Å²) in [6, 6.07) is 8.29. The first-order valence-corrected chi connectivity index (χ1v) is 6.50. The molecular weight excluding hydrogens is 313 g/mol. The first-order valence-electron chi connectivity index (χ1n) is 6.50. The predicted octanol–water partition coefficient (Wildman–Crippen LogP) is 2.27. The van der Waals surface area contributed by atoms with Crippen molar-refractivity contribution in [1.82, 2.24) is 19.7 Å². The molecule has 3 rings (SSSR count). The largest absolute Gasteiger partial charge is 0.433 e. The van der Waals surface area contributed by atoms with Gasteiger partial charge in [0.05, 0.1) is 0 Å². The normalized spacial score (nSPS) is 14.7. The minimum Gasteiger partial charge on any atom is -0.417 e. The summed E-state index contributed by atoms with van der Waals surface area (Å²) < 4.78 is 46.7. The van der Waals surface area contributed by atoms with Crippen LogP contribution >= 0.6 is 0 Å². The van der Waals surface area contributed by atoms with E-state index in [1.54, 1.807) is 30.3 Å². The van der Waals surface area contributed by atoms with E-state index >= 15 is 0 Å². The second kappa shape index (κ2) is 5.20. The molecule has 9 heteroatoms. The van der Waals surface area contributed by atoms with Crippen LogP contribution in [0.3, 0.4) is 0 Å². The molecule has 0 fully saturated rings. The van der Waals surface area contributed by atoms with Crippen LogP contribution in [0.5, 0.6) is 0 Å². The molecule has 1 aromatic carbocycles. The molecule has 0 saturated carbocycles. The average molecular weight is 324 g/mol. The number of nitrogens with zero attached hydrogens (tertiary/aromatic N) is 4. The number of hydrogen-bond acceptors (Lipinski definition) is 5. The molecule has 0 aliphatic heterocycles. The van der Waals surface area contributed by atoms with E-state index in [-0.39, 0.29) is 5.89 Å². The molecule has 0 aliphatic rings. The summed E-state index contributed by atoms with van der Waals surface area (Å²) in [5.74, 6) is -1.77. The van der Waals surface area contributed by atoms with Gasteiger partial charge in [0.25, 0.3) is 11.5 Å². The van der Waals surface area contributed by atoms with E-state index in [0.717, 1.165) is 10.8 Å². The van der Waals surface area contributed by atoms with Crippen molar-refractivity contribution in [3.8, 4) is 11.5 Å². The minimum atomic E-state index is -5.09. The molecule has 0 spiro atoms. The lowest BCUT2D eigenvalue weighted by Gasteiger charge is -2.26. The Morgan fingerprint density at radius 3 is 2.39 bits per heavy atom. The molecule has 2 aromatic heterocycles. The summed E-state index contributed by atoms with van der Waals surface area (Å²) >= 11 is 0. The van der Waals surface area contributed by atoms with E-state index in [1.807, 2.05) is 0 Å². The molecule has 0 aliphatic carbocycles. The van der Waals surface area contributed by atoms with Crippen molar-refractivity contribution in [2.24, 2.45) is 7.05 Å². The maximum atomic E-state index is 13.5. The summed E-state index contributed by atoms with van der Waals surface area (Å²) in [5, 5.41) is 17.3. The van der Waals surface area contributed by atoms with Crippen molar-refractivity contribution in [3.63, 3.8) is 0 Å². The fraction of sp³-hybridized carbons (Fsp3) is 0.214. The zero-order chi connectivity index (χ0) is 16.7. The third-order valence-corrected chi connectivity index (χ3v) is 3.31. The number of aromatic nitrogens is 4. The van der Waals surface area contributed by atoms with Crippen molar-refractivity contribution in [2.45, 2.75) is 11.8 Å². The Balaban J connectivity index is 2.13. The molecule has 1 atom stereocenters. The minimum absolute atomic E-state index is 0.127. The van der Waals surface area contributed by atoms with E-state index in [2.05, 4.69) is 15.2 Å². The molecule has 2 heterocycles. The molecule has 3 aromatic rings. The lowest BCUT2D eigenvalue weighted by molar-refractivity contribution is -0.259. The number of benzene rings is 1. The number of hydrogen-bond donors (Lipinski definition) is 1. The van der Waals surface area contributed by atoms with Crippen molar-refractivity contribution < 1.29 is 22.7 Å². The van der Waals surface area contributed by atoms with Crippen LogP contribution in [-0.4, -0.2) is 31.0 Å². The average Bonchev–Trinajstić information content (AvgIpc) is 3.15. The number of halogens is 3.